The Morgan fingerprint density at radius 2 is 1.77 bits per heavy atom. The summed E-state index contributed by atoms with van der Waals surface area (Å²) in [5, 5.41) is 2.56. The lowest BCUT2D eigenvalue weighted by atomic mass is 10.1. The molecule has 162 valence electrons. The number of pyridine rings is 1. The van der Waals surface area contributed by atoms with Crippen molar-refractivity contribution in [1.82, 2.24) is 9.55 Å². The molecule has 0 spiro atoms. The van der Waals surface area contributed by atoms with Crippen molar-refractivity contribution >= 4 is 62.6 Å². The topological polar surface area (TPSA) is 53.4 Å². The summed E-state index contributed by atoms with van der Waals surface area (Å²) in [5.74, 6) is 0.817. The van der Waals surface area contributed by atoms with Crippen LogP contribution in [0, 0.1) is 13.8 Å². The molecule has 0 radical (unpaired) electrons. The third-order valence-electron chi connectivity index (χ3n) is 4.95. The van der Waals surface area contributed by atoms with Gasteiger partial charge in [-0.2, -0.15) is 0 Å². The fourth-order valence-corrected chi connectivity index (χ4v) is 9.32. The molecule has 1 atom stereocenters. The van der Waals surface area contributed by atoms with E-state index in [-0.39, 0.29) is 0 Å². The monoisotopic (exact) mass is 528 g/mol. The Bertz CT molecular complexity index is 1130. The Morgan fingerprint density at radius 1 is 1.17 bits per heavy atom. The van der Waals surface area contributed by atoms with Crippen molar-refractivity contribution < 1.29 is 13.7 Å². The van der Waals surface area contributed by atoms with Gasteiger partial charge in [-0.15, -0.1) is 0 Å². The Hall–Kier alpha value is -1.19. The Balaban J connectivity index is 2.33. The number of nitrogens with zero attached hydrogens (tertiary/aromatic N) is 2. The summed E-state index contributed by atoms with van der Waals surface area (Å²) in [7, 11) is -0.0952. The highest BCUT2D eigenvalue weighted by Gasteiger charge is 2.31. The van der Waals surface area contributed by atoms with Crippen molar-refractivity contribution in [3.05, 3.63) is 39.1 Å². The molecule has 0 saturated heterocycles. The quantitative estimate of drug-likeness (QED) is 0.317. The molecule has 9 heteroatoms. The molecule has 0 fully saturated rings. The minimum absolute atomic E-state index is 0.298. The summed E-state index contributed by atoms with van der Waals surface area (Å²) in [5.41, 5.74) is 2.64. The van der Waals surface area contributed by atoms with Crippen molar-refractivity contribution in [3.8, 4) is 5.75 Å². The molecule has 0 aliphatic rings. The van der Waals surface area contributed by atoms with Crippen LogP contribution >= 0.6 is 27.5 Å². The number of halogens is 2. The molecule has 5 nitrogen and oxygen atoms in total. The van der Waals surface area contributed by atoms with E-state index in [1.165, 1.54) is 0 Å². The molecule has 2 heterocycles. The van der Waals surface area contributed by atoms with E-state index in [9.17, 15) is 4.21 Å². The summed E-state index contributed by atoms with van der Waals surface area (Å²) in [4.78, 5) is 6.18. The number of fused-ring (bicyclic) bond motifs is 1. The Morgan fingerprint density at radius 3 is 2.27 bits per heavy atom. The summed E-state index contributed by atoms with van der Waals surface area (Å²) < 4.78 is 27.0. The van der Waals surface area contributed by atoms with Crippen LogP contribution in [-0.2, 0) is 22.3 Å². The molecule has 30 heavy (non-hydrogen) atoms. The molecular formula is C21H26BrClN2O3SSi. The summed E-state index contributed by atoms with van der Waals surface area (Å²) in [6.07, 6.45) is 0. The van der Waals surface area contributed by atoms with Gasteiger partial charge < -0.3 is 9.47 Å². The van der Waals surface area contributed by atoms with Crippen LogP contribution in [0.4, 0.5) is 0 Å². The smallest absolute Gasteiger partial charge is 0.144 e. The molecule has 0 bridgehead atoms. The van der Waals surface area contributed by atoms with E-state index in [1.807, 2.05) is 36.6 Å². The predicted octanol–water partition coefficient (Wildman–Crippen LogP) is 5.39. The van der Waals surface area contributed by atoms with Crippen LogP contribution in [0.3, 0.4) is 0 Å². The molecule has 0 saturated carbocycles. The van der Waals surface area contributed by atoms with Gasteiger partial charge in [0.2, 0.25) is 0 Å². The zero-order valence-electron chi connectivity index (χ0n) is 18.2. The van der Waals surface area contributed by atoms with Gasteiger partial charge >= 0.3 is 0 Å². The number of benzene rings is 1. The van der Waals surface area contributed by atoms with Gasteiger partial charge in [0.15, 0.2) is 0 Å². The number of methoxy groups -OCH3 is 2. The highest BCUT2D eigenvalue weighted by Crippen LogP contribution is 2.33. The molecule has 1 unspecified atom stereocenters. The van der Waals surface area contributed by atoms with Crippen LogP contribution < -0.4 is 9.92 Å². The van der Waals surface area contributed by atoms with Gasteiger partial charge in [0.1, 0.15) is 27.9 Å². The lowest BCUT2D eigenvalue weighted by molar-refractivity contribution is 0.134. The zero-order valence-corrected chi connectivity index (χ0v) is 22.4. The van der Waals surface area contributed by atoms with Gasteiger partial charge in [-0.1, -0.05) is 31.2 Å². The molecule has 0 aliphatic carbocycles. The van der Waals surface area contributed by atoms with E-state index in [0.29, 0.717) is 16.5 Å². The number of hydrogen-bond acceptors (Lipinski definition) is 4. The Labute approximate surface area is 194 Å². The summed E-state index contributed by atoms with van der Waals surface area (Å²) in [6.45, 7) is 10.9. The standard InChI is InChI=1S/C21H26BrClN2O3SSi/c1-12-8-14(9-13(2)17(12)28-4)29(26)18-19(30(5,6)7)15-10-16(23)25(11-27-3)21(15)24-20(18)22/h8-10H,11H2,1-7H3. The van der Waals surface area contributed by atoms with Crippen molar-refractivity contribution in [2.75, 3.05) is 14.2 Å². The van der Waals surface area contributed by atoms with Gasteiger partial charge in [0, 0.05) is 17.4 Å². The average molecular weight is 530 g/mol. The van der Waals surface area contributed by atoms with Gasteiger partial charge in [0.05, 0.1) is 30.9 Å². The number of aromatic nitrogens is 2. The first-order chi connectivity index (χ1) is 14.0. The average Bonchev–Trinajstić information content (AvgIpc) is 2.94. The van der Waals surface area contributed by atoms with Crippen LogP contribution in [0.15, 0.2) is 32.6 Å². The first-order valence-corrected chi connectivity index (χ1v) is 15.3. The van der Waals surface area contributed by atoms with Crippen LogP contribution in [0.1, 0.15) is 11.1 Å². The van der Waals surface area contributed by atoms with Crippen molar-refractivity contribution in [2.24, 2.45) is 0 Å². The van der Waals surface area contributed by atoms with Crippen molar-refractivity contribution in [3.63, 3.8) is 0 Å². The van der Waals surface area contributed by atoms with E-state index in [4.69, 9.17) is 26.1 Å². The second-order valence-electron chi connectivity index (χ2n) is 8.27. The largest absolute Gasteiger partial charge is 0.496 e. The predicted molar refractivity (Wildman–Crippen MR) is 130 cm³/mol. The first-order valence-electron chi connectivity index (χ1n) is 9.45. The number of ether oxygens (including phenoxy) is 2. The van der Waals surface area contributed by atoms with Crippen LogP contribution in [0.25, 0.3) is 11.0 Å². The fraction of sp³-hybridized carbons (Fsp3) is 0.381. The van der Waals surface area contributed by atoms with Gasteiger partial charge in [0.25, 0.3) is 0 Å². The Kier molecular flexibility index (Phi) is 6.84. The molecule has 2 aromatic heterocycles. The maximum atomic E-state index is 13.9. The van der Waals surface area contributed by atoms with E-state index in [2.05, 4.69) is 35.6 Å². The van der Waals surface area contributed by atoms with Crippen LogP contribution in [0.5, 0.6) is 5.75 Å². The van der Waals surface area contributed by atoms with E-state index in [0.717, 1.165) is 42.9 Å². The molecule has 0 N–H and O–H groups in total. The highest BCUT2D eigenvalue weighted by molar-refractivity contribution is 9.10. The third-order valence-corrected chi connectivity index (χ3v) is 9.73. The molecule has 0 amide bonds. The van der Waals surface area contributed by atoms with E-state index >= 15 is 0 Å². The molecular weight excluding hydrogens is 504 g/mol. The number of aryl methyl sites for hydroxylation is 2. The molecule has 3 rings (SSSR count). The van der Waals surface area contributed by atoms with Crippen molar-refractivity contribution in [2.45, 2.75) is 50.0 Å². The number of hydrogen-bond donors (Lipinski definition) is 0. The minimum atomic E-state index is -1.95. The summed E-state index contributed by atoms with van der Waals surface area (Å²) >= 11 is 10.1. The maximum Gasteiger partial charge on any atom is 0.144 e. The number of rotatable bonds is 6. The van der Waals surface area contributed by atoms with Crippen LogP contribution in [-0.4, -0.2) is 36.1 Å². The highest BCUT2D eigenvalue weighted by atomic mass is 79.9. The molecule has 3 aromatic rings. The molecule has 1 aromatic carbocycles. The van der Waals surface area contributed by atoms with Gasteiger partial charge in [-0.05, 0) is 64.3 Å². The third kappa shape index (κ3) is 4.12. The molecule has 0 aliphatic heterocycles. The normalized spacial score (nSPS) is 13.1. The van der Waals surface area contributed by atoms with Crippen molar-refractivity contribution in [1.29, 1.82) is 0 Å². The van der Waals surface area contributed by atoms with Gasteiger partial charge in [-0.25, -0.2) is 9.19 Å². The van der Waals surface area contributed by atoms with E-state index in [1.54, 1.807) is 14.2 Å². The van der Waals surface area contributed by atoms with Gasteiger partial charge in [-0.3, -0.25) is 4.57 Å². The second kappa shape index (κ2) is 8.74. The lowest BCUT2D eigenvalue weighted by Gasteiger charge is -2.23. The lowest BCUT2D eigenvalue weighted by Crippen LogP contribution is -2.41. The fourth-order valence-electron chi connectivity index (χ4n) is 3.81. The first kappa shape index (κ1) is 23.5. The summed E-state index contributed by atoms with van der Waals surface area (Å²) in [6, 6.07) is 5.76. The zero-order chi connectivity index (χ0) is 22.4. The van der Waals surface area contributed by atoms with E-state index < -0.39 is 18.9 Å². The maximum absolute atomic E-state index is 13.9. The van der Waals surface area contributed by atoms with Crippen LogP contribution in [0.2, 0.25) is 24.8 Å². The second-order valence-corrected chi connectivity index (χ2v) is 15.8. The minimum Gasteiger partial charge on any atom is -0.496 e. The SMILES string of the molecule is COCn1c(Cl)cc2c([Si](C)(C)C)c(S(=O)c3cc(C)c(OC)c(C)c3)c(Br)nc21.